The summed E-state index contributed by atoms with van der Waals surface area (Å²) in [6.45, 7) is 3.74. The smallest absolute Gasteiger partial charge is 0.337 e. The Morgan fingerprint density at radius 1 is 0.709 bits per heavy atom. The van der Waals surface area contributed by atoms with Crippen molar-refractivity contribution < 1.29 is 9.90 Å². The summed E-state index contributed by atoms with van der Waals surface area (Å²) in [7, 11) is 0. The number of nitrogens with zero attached hydrogens (tertiary/aromatic N) is 8. The zero-order valence-corrected chi connectivity index (χ0v) is 30.1. The van der Waals surface area contributed by atoms with E-state index in [-0.39, 0.29) is 5.57 Å². The van der Waals surface area contributed by atoms with E-state index in [0.717, 1.165) is 111 Å². The van der Waals surface area contributed by atoms with Gasteiger partial charge in [-0.15, -0.1) is 0 Å². The normalized spacial score (nSPS) is 13.7. The molecule has 11 heteroatoms. The molecular formula is C44H35N9O2. The van der Waals surface area contributed by atoms with Gasteiger partial charge in [0.25, 0.3) is 0 Å². The fourth-order valence-corrected chi connectivity index (χ4v) is 8.18. The van der Waals surface area contributed by atoms with Crippen molar-refractivity contribution in [3.05, 3.63) is 132 Å². The Bertz CT molecular complexity index is 2860. The van der Waals surface area contributed by atoms with Crippen molar-refractivity contribution in [3.63, 3.8) is 0 Å². The van der Waals surface area contributed by atoms with Crippen LogP contribution in [0.2, 0.25) is 0 Å². The topological polar surface area (TPSA) is 137 Å². The molecule has 2 aromatic carbocycles. The van der Waals surface area contributed by atoms with Gasteiger partial charge in [0.05, 0.1) is 28.0 Å². The molecule has 268 valence electrons. The minimum absolute atomic E-state index is 0.113. The maximum absolute atomic E-state index is 12.7. The molecule has 0 aliphatic carbocycles. The Labute approximate surface area is 316 Å². The first-order valence-corrected chi connectivity index (χ1v) is 18.5. The van der Waals surface area contributed by atoms with Crippen molar-refractivity contribution in [2.45, 2.75) is 45.7 Å². The third-order valence-electron chi connectivity index (χ3n) is 10.7. The second-order valence-corrected chi connectivity index (χ2v) is 14.1. The van der Waals surface area contributed by atoms with Crippen molar-refractivity contribution in [1.29, 1.82) is 0 Å². The summed E-state index contributed by atoms with van der Waals surface area (Å²) in [5.41, 5.74) is 13.8. The molecule has 55 heavy (non-hydrogen) atoms. The molecule has 0 amide bonds. The average molecular weight is 722 g/mol. The Balaban J connectivity index is 0.994. The minimum Gasteiger partial charge on any atom is -0.478 e. The number of anilines is 1. The Hall–Kier alpha value is -7.01. The Kier molecular flexibility index (Phi) is 7.79. The molecule has 8 aromatic rings. The van der Waals surface area contributed by atoms with Crippen LogP contribution >= 0.6 is 0 Å². The Morgan fingerprint density at radius 2 is 1.36 bits per heavy atom. The molecule has 10 rings (SSSR count). The molecule has 0 fully saturated rings. The number of nitrogens with one attached hydrogen (secondary N) is 1. The number of benzene rings is 2. The summed E-state index contributed by atoms with van der Waals surface area (Å²) in [5, 5.41) is 25.5. The van der Waals surface area contributed by atoms with E-state index in [2.05, 4.69) is 19.7 Å². The largest absolute Gasteiger partial charge is 0.478 e. The molecule has 2 N–H and O–H groups in total. The maximum atomic E-state index is 12.7. The van der Waals surface area contributed by atoms with E-state index in [0.29, 0.717) is 11.1 Å². The second-order valence-electron chi connectivity index (χ2n) is 14.1. The molecule has 0 radical (unpaired) electrons. The predicted molar refractivity (Wildman–Crippen MR) is 213 cm³/mol. The SMILES string of the molecule is Cc1cccc(-c2nn3c(c2-c2ccnc4cc(C(=CNc5ccc6c(-c7c(-c8ccccn8)nn8c7CCC8)ccnc6c5)C(=O)O)ccc24)CCC3)n1. The number of carboxylic acid groups (broad SMARTS) is 1. The van der Waals surface area contributed by atoms with Crippen LogP contribution in [0.15, 0.2) is 110 Å². The van der Waals surface area contributed by atoms with Crippen LogP contribution in [0.25, 0.3) is 72.4 Å². The first-order valence-electron chi connectivity index (χ1n) is 18.5. The van der Waals surface area contributed by atoms with Crippen molar-refractivity contribution in [2.24, 2.45) is 0 Å². The molecule has 0 spiro atoms. The first kappa shape index (κ1) is 32.6. The maximum Gasteiger partial charge on any atom is 0.337 e. The van der Waals surface area contributed by atoms with Gasteiger partial charge in [-0.25, -0.2) is 4.79 Å². The van der Waals surface area contributed by atoms with Gasteiger partial charge in [-0.2, -0.15) is 10.2 Å². The summed E-state index contributed by atoms with van der Waals surface area (Å²) in [6, 6.07) is 27.5. The lowest BCUT2D eigenvalue weighted by Gasteiger charge is -2.12. The summed E-state index contributed by atoms with van der Waals surface area (Å²) < 4.78 is 4.20. The van der Waals surface area contributed by atoms with Crippen molar-refractivity contribution in [1.82, 2.24) is 39.5 Å². The van der Waals surface area contributed by atoms with Gasteiger partial charge in [-0.1, -0.05) is 30.3 Å². The molecule has 0 unspecified atom stereocenters. The van der Waals surface area contributed by atoms with E-state index < -0.39 is 5.97 Å². The van der Waals surface area contributed by atoms with E-state index in [9.17, 15) is 9.90 Å². The van der Waals surface area contributed by atoms with Gasteiger partial charge >= 0.3 is 5.97 Å². The van der Waals surface area contributed by atoms with Crippen LogP contribution in [-0.4, -0.2) is 50.6 Å². The second kappa shape index (κ2) is 13.1. The number of rotatable bonds is 8. The molecule has 11 nitrogen and oxygen atoms in total. The van der Waals surface area contributed by atoms with Crippen LogP contribution < -0.4 is 5.32 Å². The zero-order chi connectivity index (χ0) is 37.0. The van der Waals surface area contributed by atoms with Gasteiger partial charge in [-0.05, 0) is 104 Å². The van der Waals surface area contributed by atoms with E-state index >= 15 is 0 Å². The monoisotopic (exact) mass is 721 g/mol. The number of carbonyl (C=O) groups is 1. The van der Waals surface area contributed by atoms with E-state index in [1.807, 2.05) is 98.0 Å². The molecule has 0 bridgehead atoms. The highest BCUT2D eigenvalue weighted by molar-refractivity contribution is 6.16. The highest BCUT2D eigenvalue weighted by atomic mass is 16.4. The predicted octanol–water partition coefficient (Wildman–Crippen LogP) is 8.37. The van der Waals surface area contributed by atoms with Crippen LogP contribution in [0.1, 0.15) is 35.5 Å². The highest BCUT2D eigenvalue weighted by Gasteiger charge is 2.27. The van der Waals surface area contributed by atoms with Crippen molar-refractivity contribution in [2.75, 3.05) is 5.32 Å². The minimum atomic E-state index is -1.05. The molecule has 0 saturated carbocycles. The Morgan fingerprint density at radius 3 is 2.02 bits per heavy atom. The number of pyridine rings is 4. The molecule has 2 aliphatic heterocycles. The van der Waals surface area contributed by atoms with Gasteiger partial charge in [-0.3, -0.25) is 29.3 Å². The molecule has 0 saturated heterocycles. The van der Waals surface area contributed by atoms with Gasteiger partial charge in [0.2, 0.25) is 0 Å². The lowest BCUT2D eigenvalue weighted by molar-refractivity contribution is -0.130. The highest BCUT2D eigenvalue weighted by Crippen LogP contribution is 2.42. The molecule has 0 atom stereocenters. The van der Waals surface area contributed by atoms with E-state index in [1.165, 1.54) is 17.6 Å². The van der Waals surface area contributed by atoms with Crippen LogP contribution in [0.5, 0.6) is 0 Å². The average Bonchev–Trinajstić information content (AvgIpc) is 4.00. The molecular weight excluding hydrogens is 687 g/mol. The van der Waals surface area contributed by atoms with Crippen molar-refractivity contribution >= 4 is 39.0 Å². The lowest BCUT2D eigenvalue weighted by atomic mass is 9.95. The zero-order valence-electron chi connectivity index (χ0n) is 30.1. The summed E-state index contributed by atoms with van der Waals surface area (Å²) in [6.07, 6.45) is 10.9. The third-order valence-corrected chi connectivity index (χ3v) is 10.7. The van der Waals surface area contributed by atoms with Gasteiger partial charge in [0, 0.05) is 82.5 Å². The number of aliphatic carboxylic acids is 1. The van der Waals surface area contributed by atoms with Crippen LogP contribution in [0.3, 0.4) is 0 Å². The van der Waals surface area contributed by atoms with Gasteiger partial charge in [0.1, 0.15) is 11.4 Å². The fraction of sp³-hybridized carbons (Fsp3) is 0.159. The van der Waals surface area contributed by atoms with E-state index in [1.54, 1.807) is 12.4 Å². The quantitative estimate of drug-likeness (QED) is 0.148. The van der Waals surface area contributed by atoms with Crippen molar-refractivity contribution in [3.8, 4) is 45.0 Å². The molecule has 8 heterocycles. The molecule has 6 aromatic heterocycles. The number of aromatic nitrogens is 8. The van der Waals surface area contributed by atoms with Crippen LogP contribution in [0.4, 0.5) is 5.69 Å². The summed E-state index contributed by atoms with van der Waals surface area (Å²) >= 11 is 0. The summed E-state index contributed by atoms with van der Waals surface area (Å²) in [5.74, 6) is -1.05. The summed E-state index contributed by atoms with van der Waals surface area (Å²) in [4.78, 5) is 31.5. The van der Waals surface area contributed by atoms with E-state index in [4.69, 9.17) is 25.1 Å². The number of aryl methyl sites for hydroxylation is 3. The number of hydrogen-bond acceptors (Lipinski definition) is 8. The number of hydrogen-bond donors (Lipinski definition) is 2. The van der Waals surface area contributed by atoms with Gasteiger partial charge in [0.15, 0.2) is 0 Å². The molecule has 2 aliphatic rings. The van der Waals surface area contributed by atoms with Crippen LogP contribution in [-0.2, 0) is 30.7 Å². The first-order chi connectivity index (χ1) is 27.0. The number of fused-ring (bicyclic) bond motifs is 4. The van der Waals surface area contributed by atoms with Gasteiger partial charge < -0.3 is 10.4 Å². The standard InChI is InChI=1S/C44H35N9O2/c1-26-7-4-9-35(49-26)43-41(39-11-6-22-53(39)51-43)31-16-19-46-36-23-27(12-14-29(31)36)33(44(54)55)25-48-28-13-15-30-32(17-20-47-37(30)24-28)40-38-10-5-21-52(38)50-42(40)34-8-2-3-18-45-34/h2-4,7-9,12-20,23-25,48H,5-6,10-11,21-22H2,1H3,(H,54,55). The lowest BCUT2D eigenvalue weighted by Crippen LogP contribution is -2.03. The van der Waals surface area contributed by atoms with Crippen LogP contribution in [0, 0.1) is 6.92 Å². The third kappa shape index (κ3) is 5.63. The number of carboxylic acids is 1. The fourth-order valence-electron chi connectivity index (χ4n) is 8.18.